The molecule has 3 aromatic rings. The van der Waals surface area contributed by atoms with Crippen molar-refractivity contribution in [2.24, 2.45) is 5.92 Å². The largest absolute Gasteiger partial charge is 0.369 e. The van der Waals surface area contributed by atoms with E-state index in [4.69, 9.17) is 0 Å². The summed E-state index contributed by atoms with van der Waals surface area (Å²) < 4.78 is 2.99. The van der Waals surface area contributed by atoms with E-state index in [0.717, 1.165) is 33.7 Å². The highest BCUT2D eigenvalue weighted by molar-refractivity contribution is 9.10. The van der Waals surface area contributed by atoms with Gasteiger partial charge in [0.2, 0.25) is 0 Å². The third-order valence-corrected chi connectivity index (χ3v) is 3.82. The number of hydrogen-bond acceptors (Lipinski definition) is 4. The van der Waals surface area contributed by atoms with E-state index in [-0.39, 0.29) is 0 Å². The molecule has 3 heterocycles. The van der Waals surface area contributed by atoms with Gasteiger partial charge < -0.3 is 5.32 Å². The van der Waals surface area contributed by atoms with Gasteiger partial charge in [0.15, 0.2) is 5.65 Å². The second kappa shape index (κ2) is 5.81. The summed E-state index contributed by atoms with van der Waals surface area (Å²) in [6.07, 6.45) is 9.01. The average molecular weight is 346 g/mol. The van der Waals surface area contributed by atoms with Gasteiger partial charge in [-0.3, -0.25) is 14.4 Å². The van der Waals surface area contributed by atoms with Crippen LogP contribution in [0.25, 0.3) is 16.9 Å². The molecule has 0 aliphatic heterocycles. The standard InChI is InChI=1S/C15H16BrN5/c1-10(2)7-19-15-14(11-8-17-4-3-12(11)16)20-13-9-18-5-6-21(13)15/h3-6,8-10,19H,7H2,1-2H3. The van der Waals surface area contributed by atoms with Crippen molar-refractivity contribution in [3.05, 3.63) is 41.5 Å². The van der Waals surface area contributed by atoms with Gasteiger partial charge in [0.1, 0.15) is 11.5 Å². The maximum absolute atomic E-state index is 4.69. The van der Waals surface area contributed by atoms with Gasteiger partial charge in [-0.25, -0.2) is 4.98 Å². The minimum Gasteiger partial charge on any atom is -0.369 e. The zero-order valence-corrected chi connectivity index (χ0v) is 13.5. The Kier molecular flexibility index (Phi) is 3.88. The van der Waals surface area contributed by atoms with E-state index in [9.17, 15) is 0 Å². The number of rotatable bonds is 4. The molecule has 1 N–H and O–H groups in total. The third kappa shape index (κ3) is 2.76. The summed E-state index contributed by atoms with van der Waals surface area (Å²) in [5.74, 6) is 1.51. The molecule has 5 nitrogen and oxygen atoms in total. The van der Waals surface area contributed by atoms with Gasteiger partial charge in [-0.1, -0.05) is 13.8 Å². The maximum Gasteiger partial charge on any atom is 0.157 e. The summed E-state index contributed by atoms with van der Waals surface area (Å²) in [6.45, 7) is 5.23. The van der Waals surface area contributed by atoms with E-state index >= 15 is 0 Å². The Hall–Kier alpha value is -1.95. The van der Waals surface area contributed by atoms with Crippen LogP contribution < -0.4 is 5.32 Å². The minimum absolute atomic E-state index is 0.544. The number of aromatic nitrogens is 4. The summed E-state index contributed by atoms with van der Waals surface area (Å²) in [6, 6.07) is 1.92. The first-order valence-corrected chi connectivity index (χ1v) is 7.62. The molecule has 21 heavy (non-hydrogen) atoms. The number of anilines is 1. The molecule has 6 heteroatoms. The van der Waals surface area contributed by atoms with Crippen LogP contribution in [0.2, 0.25) is 0 Å². The molecule has 3 aromatic heterocycles. The molecule has 0 amide bonds. The molecule has 0 radical (unpaired) electrons. The lowest BCUT2D eigenvalue weighted by molar-refractivity contribution is 0.686. The summed E-state index contributed by atoms with van der Waals surface area (Å²) in [4.78, 5) is 13.0. The van der Waals surface area contributed by atoms with E-state index in [0.29, 0.717) is 5.92 Å². The smallest absolute Gasteiger partial charge is 0.157 e. The Labute approximate surface area is 131 Å². The number of halogens is 1. The van der Waals surface area contributed by atoms with E-state index in [1.165, 1.54) is 0 Å². The zero-order chi connectivity index (χ0) is 14.8. The lowest BCUT2D eigenvalue weighted by atomic mass is 10.2. The highest BCUT2D eigenvalue weighted by Gasteiger charge is 2.16. The predicted molar refractivity (Wildman–Crippen MR) is 87.2 cm³/mol. The number of pyridine rings is 1. The van der Waals surface area contributed by atoms with Gasteiger partial charge in [-0.05, 0) is 27.9 Å². The van der Waals surface area contributed by atoms with Crippen molar-refractivity contribution in [2.75, 3.05) is 11.9 Å². The normalized spacial score (nSPS) is 11.2. The number of nitrogens with zero attached hydrogens (tertiary/aromatic N) is 4. The van der Waals surface area contributed by atoms with E-state index in [1.54, 1.807) is 18.6 Å². The monoisotopic (exact) mass is 345 g/mol. The van der Waals surface area contributed by atoms with E-state index in [1.807, 2.05) is 22.9 Å². The van der Waals surface area contributed by atoms with Gasteiger partial charge in [-0.2, -0.15) is 0 Å². The van der Waals surface area contributed by atoms with E-state index in [2.05, 4.69) is 50.0 Å². The first kappa shape index (κ1) is 14.0. The van der Waals surface area contributed by atoms with Gasteiger partial charge in [-0.15, -0.1) is 0 Å². The fraction of sp³-hybridized carbons (Fsp3) is 0.267. The molecular formula is C15H16BrN5. The molecule has 0 fully saturated rings. The van der Waals surface area contributed by atoms with E-state index < -0.39 is 0 Å². The molecular weight excluding hydrogens is 330 g/mol. The Morgan fingerprint density at radius 3 is 2.81 bits per heavy atom. The van der Waals surface area contributed by atoms with Crippen LogP contribution in [0.15, 0.2) is 41.5 Å². The molecule has 0 spiro atoms. The summed E-state index contributed by atoms with van der Waals surface area (Å²) >= 11 is 3.57. The molecule has 0 aromatic carbocycles. The fourth-order valence-electron chi connectivity index (χ4n) is 2.12. The first-order chi connectivity index (χ1) is 10.2. The number of nitrogens with one attached hydrogen (secondary N) is 1. The van der Waals surface area contributed by atoms with Crippen LogP contribution in [0.4, 0.5) is 5.82 Å². The van der Waals surface area contributed by atoms with Crippen LogP contribution in [0.5, 0.6) is 0 Å². The Balaban J connectivity index is 2.17. The maximum atomic E-state index is 4.69. The number of imidazole rings is 1. The average Bonchev–Trinajstić information content (AvgIpc) is 2.84. The lowest BCUT2D eigenvalue weighted by Crippen LogP contribution is -2.10. The summed E-state index contributed by atoms with van der Waals surface area (Å²) in [5.41, 5.74) is 2.66. The van der Waals surface area contributed by atoms with Crippen LogP contribution in [0.3, 0.4) is 0 Å². The molecule has 0 saturated heterocycles. The zero-order valence-electron chi connectivity index (χ0n) is 11.9. The second-order valence-corrected chi connectivity index (χ2v) is 6.10. The fourth-order valence-corrected chi connectivity index (χ4v) is 2.52. The Morgan fingerprint density at radius 1 is 1.24 bits per heavy atom. The van der Waals surface area contributed by atoms with Gasteiger partial charge in [0.25, 0.3) is 0 Å². The SMILES string of the molecule is CC(C)CNc1c(-c2cnccc2Br)nc2cnccn12. The Bertz CT molecular complexity index is 766. The molecule has 0 saturated carbocycles. The molecule has 0 aliphatic carbocycles. The molecule has 0 unspecified atom stereocenters. The van der Waals surface area contributed by atoms with Crippen LogP contribution in [-0.4, -0.2) is 25.9 Å². The lowest BCUT2D eigenvalue weighted by Gasteiger charge is -2.11. The van der Waals surface area contributed by atoms with Crippen molar-refractivity contribution >= 4 is 27.4 Å². The molecule has 3 rings (SSSR count). The van der Waals surface area contributed by atoms with Crippen molar-refractivity contribution in [2.45, 2.75) is 13.8 Å². The Morgan fingerprint density at radius 2 is 2.05 bits per heavy atom. The highest BCUT2D eigenvalue weighted by atomic mass is 79.9. The van der Waals surface area contributed by atoms with Crippen LogP contribution in [-0.2, 0) is 0 Å². The summed E-state index contributed by atoms with van der Waals surface area (Å²) in [5, 5.41) is 3.49. The minimum atomic E-state index is 0.544. The first-order valence-electron chi connectivity index (χ1n) is 6.82. The second-order valence-electron chi connectivity index (χ2n) is 5.24. The van der Waals surface area contributed by atoms with Crippen LogP contribution in [0.1, 0.15) is 13.8 Å². The third-order valence-electron chi connectivity index (χ3n) is 3.13. The molecule has 0 atom stereocenters. The predicted octanol–water partition coefficient (Wildman–Crippen LogP) is 3.62. The topological polar surface area (TPSA) is 55.1 Å². The quantitative estimate of drug-likeness (QED) is 0.784. The van der Waals surface area contributed by atoms with Crippen molar-refractivity contribution in [1.29, 1.82) is 0 Å². The highest BCUT2D eigenvalue weighted by Crippen LogP contribution is 2.32. The van der Waals surface area contributed by atoms with Gasteiger partial charge in [0, 0.05) is 41.4 Å². The molecule has 0 bridgehead atoms. The van der Waals surface area contributed by atoms with Gasteiger partial charge in [0.05, 0.1) is 6.20 Å². The molecule has 108 valence electrons. The van der Waals surface area contributed by atoms with Crippen molar-refractivity contribution in [3.63, 3.8) is 0 Å². The number of hydrogen-bond donors (Lipinski definition) is 1. The van der Waals surface area contributed by atoms with Crippen LogP contribution >= 0.6 is 15.9 Å². The van der Waals surface area contributed by atoms with Crippen molar-refractivity contribution in [1.82, 2.24) is 19.4 Å². The number of fused-ring (bicyclic) bond motifs is 1. The summed E-state index contributed by atoms with van der Waals surface area (Å²) in [7, 11) is 0. The van der Waals surface area contributed by atoms with Crippen molar-refractivity contribution < 1.29 is 0 Å². The van der Waals surface area contributed by atoms with Crippen molar-refractivity contribution in [3.8, 4) is 11.3 Å². The van der Waals surface area contributed by atoms with Crippen LogP contribution in [0, 0.1) is 5.92 Å². The van der Waals surface area contributed by atoms with Gasteiger partial charge >= 0.3 is 0 Å². The molecule has 0 aliphatic rings.